The van der Waals surface area contributed by atoms with Gasteiger partial charge in [0.1, 0.15) is 0 Å². The van der Waals surface area contributed by atoms with Gasteiger partial charge in [-0.2, -0.15) is 0 Å². The van der Waals surface area contributed by atoms with Gasteiger partial charge in [-0.25, -0.2) is 4.79 Å². The van der Waals surface area contributed by atoms with Crippen LogP contribution in [0.25, 0.3) is 0 Å². The van der Waals surface area contributed by atoms with Crippen molar-refractivity contribution < 1.29 is 23.9 Å². The highest BCUT2D eigenvalue weighted by Gasteiger charge is 2.20. The largest absolute Gasteiger partial charge is 0.449 e. The summed E-state index contributed by atoms with van der Waals surface area (Å²) >= 11 is 0. The Labute approximate surface area is 176 Å². The number of esters is 1. The topological polar surface area (TPSA) is 84.9 Å². The number of ether oxygens (including phenoxy) is 2. The van der Waals surface area contributed by atoms with Gasteiger partial charge < -0.3 is 14.8 Å². The summed E-state index contributed by atoms with van der Waals surface area (Å²) < 4.78 is 10.6. The van der Waals surface area contributed by atoms with Crippen LogP contribution in [0.3, 0.4) is 0 Å². The Morgan fingerprint density at radius 3 is 2.40 bits per heavy atom. The van der Waals surface area contributed by atoms with Crippen molar-refractivity contribution in [1.29, 1.82) is 0 Å². The van der Waals surface area contributed by atoms with E-state index in [2.05, 4.69) is 10.2 Å². The summed E-state index contributed by atoms with van der Waals surface area (Å²) in [6.45, 7) is 6.98. The molecule has 1 saturated heterocycles. The van der Waals surface area contributed by atoms with Gasteiger partial charge in [0, 0.05) is 25.2 Å². The molecule has 7 heteroatoms. The number of rotatable bonds is 7. The van der Waals surface area contributed by atoms with Gasteiger partial charge in [0.05, 0.1) is 24.5 Å². The Morgan fingerprint density at radius 1 is 1.07 bits per heavy atom. The summed E-state index contributed by atoms with van der Waals surface area (Å²) in [5, 5.41) is 2.65. The number of carbonyl (C=O) groups is 3. The molecular weight excluding hydrogens is 384 g/mol. The van der Waals surface area contributed by atoms with Crippen molar-refractivity contribution in [3.63, 3.8) is 0 Å². The summed E-state index contributed by atoms with van der Waals surface area (Å²) in [6.07, 6.45) is -1.01. The van der Waals surface area contributed by atoms with Crippen molar-refractivity contribution in [1.82, 2.24) is 4.90 Å². The number of anilines is 1. The fraction of sp³-hybridized carbons (Fsp3) is 0.348. The van der Waals surface area contributed by atoms with Crippen LogP contribution in [0, 0.1) is 0 Å². The summed E-state index contributed by atoms with van der Waals surface area (Å²) in [5.41, 5.74) is 2.27. The number of hydrogen-bond donors (Lipinski definition) is 1. The van der Waals surface area contributed by atoms with E-state index in [1.165, 1.54) is 13.8 Å². The van der Waals surface area contributed by atoms with E-state index in [1.807, 2.05) is 12.1 Å². The number of nitrogens with one attached hydrogen (secondary N) is 1. The average molecular weight is 410 g/mol. The van der Waals surface area contributed by atoms with Gasteiger partial charge in [-0.05, 0) is 43.7 Å². The van der Waals surface area contributed by atoms with E-state index in [0.29, 0.717) is 16.8 Å². The van der Waals surface area contributed by atoms with Gasteiger partial charge in [-0.1, -0.05) is 24.3 Å². The Bertz CT molecular complexity index is 904. The number of amides is 1. The monoisotopic (exact) mass is 410 g/mol. The quantitative estimate of drug-likeness (QED) is 0.558. The number of ketones is 1. The van der Waals surface area contributed by atoms with Crippen LogP contribution in [0.4, 0.5) is 5.69 Å². The predicted molar refractivity (Wildman–Crippen MR) is 112 cm³/mol. The van der Waals surface area contributed by atoms with Crippen LogP contribution in [0.15, 0.2) is 48.5 Å². The maximum Gasteiger partial charge on any atom is 0.338 e. The van der Waals surface area contributed by atoms with Crippen LogP contribution >= 0.6 is 0 Å². The van der Waals surface area contributed by atoms with Crippen LogP contribution < -0.4 is 5.32 Å². The number of carbonyl (C=O) groups excluding carboxylic acids is 3. The first kappa shape index (κ1) is 21.7. The number of morpholine rings is 1. The van der Waals surface area contributed by atoms with Gasteiger partial charge in [-0.3, -0.25) is 14.5 Å². The fourth-order valence-corrected chi connectivity index (χ4v) is 3.18. The summed E-state index contributed by atoms with van der Waals surface area (Å²) in [6, 6.07) is 13.9. The van der Waals surface area contributed by atoms with Crippen LogP contribution in [0.2, 0.25) is 0 Å². The van der Waals surface area contributed by atoms with E-state index in [-0.39, 0.29) is 5.78 Å². The van der Waals surface area contributed by atoms with E-state index in [9.17, 15) is 14.4 Å². The Hall–Kier alpha value is -3.03. The first-order valence-electron chi connectivity index (χ1n) is 9.95. The summed E-state index contributed by atoms with van der Waals surface area (Å²) in [4.78, 5) is 38.8. The van der Waals surface area contributed by atoms with Crippen molar-refractivity contribution in [3.8, 4) is 0 Å². The summed E-state index contributed by atoms with van der Waals surface area (Å²) in [7, 11) is 0. The van der Waals surface area contributed by atoms with Gasteiger partial charge in [0.2, 0.25) is 0 Å². The molecule has 1 aliphatic heterocycles. The molecule has 2 aromatic rings. The van der Waals surface area contributed by atoms with Crippen molar-refractivity contribution in [2.24, 2.45) is 0 Å². The van der Waals surface area contributed by atoms with Crippen molar-refractivity contribution in [3.05, 3.63) is 65.2 Å². The van der Waals surface area contributed by atoms with Gasteiger partial charge >= 0.3 is 5.97 Å². The molecule has 1 aliphatic rings. The highest BCUT2D eigenvalue weighted by atomic mass is 16.5. The highest BCUT2D eigenvalue weighted by molar-refractivity contribution is 6.05. The molecule has 0 aromatic heterocycles. The van der Waals surface area contributed by atoms with Crippen LogP contribution in [0.5, 0.6) is 0 Å². The fourth-order valence-electron chi connectivity index (χ4n) is 3.18. The normalized spacial score (nSPS) is 15.3. The number of nitrogens with zero attached hydrogens (tertiary/aromatic N) is 1. The molecule has 1 fully saturated rings. The molecule has 1 heterocycles. The molecule has 30 heavy (non-hydrogen) atoms. The molecule has 0 unspecified atom stereocenters. The van der Waals surface area contributed by atoms with Crippen molar-refractivity contribution in [2.45, 2.75) is 26.5 Å². The van der Waals surface area contributed by atoms with E-state index >= 15 is 0 Å². The zero-order valence-corrected chi connectivity index (χ0v) is 17.2. The second-order valence-electron chi connectivity index (χ2n) is 7.22. The van der Waals surface area contributed by atoms with Gasteiger partial charge in [0.25, 0.3) is 5.91 Å². The molecule has 7 nitrogen and oxygen atoms in total. The molecule has 1 atom stereocenters. The van der Waals surface area contributed by atoms with Gasteiger partial charge in [-0.15, -0.1) is 0 Å². The molecule has 0 spiro atoms. The lowest BCUT2D eigenvalue weighted by Gasteiger charge is -2.26. The zero-order valence-electron chi connectivity index (χ0n) is 17.2. The standard InChI is InChI=1S/C23H26N2O5/c1-16(26)20-5-3-4-6-21(20)24-22(27)17(2)30-23(28)19-9-7-18(8-10-19)15-25-11-13-29-14-12-25/h3-10,17H,11-15H2,1-2H3,(H,24,27)/t17-/m1/s1. The molecule has 0 radical (unpaired) electrons. The second kappa shape index (κ2) is 10.1. The lowest BCUT2D eigenvalue weighted by molar-refractivity contribution is -0.123. The number of benzene rings is 2. The molecular formula is C23H26N2O5. The first-order chi connectivity index (χ1) is 14.4. The lowest BCUT2D eigenvalue weighted by Crippen LogP contribution is -2.35. The maximum atomic E-state index is 12.4. The van der Waals surface area contributed by atoms with E-state index in [1.54, 1.807) is 36.4 Å². The maximum absolute atomic E-state index is 12.4. The highest BCUT2D eigenvalue weighted by Crippen LogP contribution is 2.17. The Balaban J connectivity index is 1.55. The van der Waals surface area contributed by atoms with Crippen LogP contribution in [0.1, 0.15) is 40.1 Å². The molecule has 0 saturated carbocycles. The number of hydrogen-bond acceptors (Lipinski definition) is 6. The third-order valence-corrected chi connectivity index (χ3v) is 4.92. The van der Waals surface area contributed by atoms with E-state index < -0.39 is 18.0 Å². The smallest absolute Gasteiger partial charge is 0.338 e. The third kappa shape index (κ3) is 5.75. The average Bonchev–Trinajstić information content (AvgIpc) is 2.75. The minimum atomic E-state index is -1.01. The van der Waals surface area contributed by atoms with Crippen LogP contribution in [-0.4, -0.2) is 55.0 Å². The minimum absolute atomic E-state index is 0.160. The lowest BCUT2D eigenvalue weighted by atomic mass is 10.1. The third-order valence-electron chi connectivity index (χ3n) is 4.92. The number of Topliss-reactive ketones (excluding diaryl/α,β-unsaturated/α-hetero) is 1. The van der Waals surface area contributed by atoms with E-state index in [4.69, 9.17) is 9.47 Å². The van der Waals surface area contributed by atoms with Crippen molar-refractivity contribution >= 4 is 23.3 Å². The van der Waals surface area contributed by atoms with Gasteiger partial charge in [0.15, 0.2) is 11.9 Å². The molecule has 0 bridgehead atoms. The molecule has 158 valence electrons. The first-order valence-corrected chi connectivity index (χ1v) is 9.95. The predicted octanol–water partition coefficient (Wildman–Crippen LogP) is 2.91. The Morgan fingerprint density at radius 2 is 1.73 bits per heavy atom. The minimum Gasteiger partial charge on any atom is -0.449 e. The molecule has 3 rings (SSSR count). The van der Waals surface area contributed by atoms with Crippen LogP contribution in [-0.2, 0) is 20.8 Å². The van der Waals surface area contributed by atoms with Crippen molar-refractivity contribution in [2.75, 3.05) is 31.6 Å². The zero-order chi connectivity index (χ0) is 21.5. The SMILES string of the molecule is CC(=O)c1ccccc1NC(=O)[C@@H](C)OC(=O)c1ccc(CN2CCOCC2)cc1. The molecule has 1 N–H and O–H groups in total. The van der Waals surface area contributed by atoms with E-state index in [0.717, 1.165) is 38.4 Å². The second-order valence-corrected chi connectivity index (χ2v) is 7.22. The molecule has 0 aliphatic carbocycles. The Kier molecular flexibility index (Phi) is 7.32. The summed E-state index contributed by atoms with van der Waals surface area (Å²) in [5.74, 6) is -1.23. The number of para-hydroxylation sites is 1. The molecule has 1 amide bonds. The molecule has 2 aromatic carbocycles.